The van der Waals surface area contributed by atoms with Crippen molar-refractivity contribution in [2.24, 2.45) is 0 Å². The lowest BCUT2D eigenvalue weighted by atomic mass is 10.0. The fraction of sp³-hybridized carbons (Fsp3) is 0.400. The molecule has 0 heterocycles. The second-order valence-corrected chi connectivity index (χ2v) is 4.65. The number of rotatable bonds is 3. The molecule has 0 aliphatic rings. The molecular formula is C10H10BrF3O2S. The first kappa shape index (κ1) is 14.8. The molecule has 1 aromatic rings. The Hall–Kier alpha value is -0.240. The van der Waals surface area contributed by atoms with Crippen molar-refractivity contribution < 1.29 is 23.4 Å². The summed E-state index contributed by atoms with van der Waals surface area (Å²) in [6.07, 6.45) is -7.11. The van der Waals surface area contributed by atoms with Gasteiger partial charge in [0.15, 0.2) is 0 Å². The highest BCUT2D eigenvalue weighted by molar-refractivity contribution is 9.10. The van der Waals surface area contributed by atoms with E-state index >= 15 is 0 Å². The zero-order valence-electron chi connectivity index (χ0n) is 8.45. The quantitative estimate of drug-likeness (QED) is 0.746. The predicted molar refractivity (Wildman–Crippen MR) is 64.0 cm³/mol. The predicted octanol–water partition coefficient (Wildman–Crippen LogP) is 2.79. The summed E-state index contributed by atoms with van der Waals surface area (Å²) in [5.74, 6) is -0.0431. The van der Waals surface area contributed by atoms with Crippen molar-refractivity contribution in [2.75, 3.05) is 5.75 Å². The molecule has 0 fully saturated rings. The zero-order valence-corrected chi connectivity index (χ0v) is 10.9. The van der Waals surface area contributed by atoms with E-state index in [4.69, 9.17) is 0 Å². The molecule has 0 saturated heterocycles. The first-order valence-electron chi connectivity index (χ1n) is 4.61. The van der Waals surface area contributed by atoms with Gasteiger partial charge in [0.25, 0.3) is 0 Å². The number of thiol groups is 1. The highest BCUT2D eigenvalue weighted by atomic mass is 79.9. The van der Waals surface area contributed by atoms with Gasteiger partial charge in [-0.1, -0.05) is 22.0 Å². The Balaban J connectivity index is 3.13. The third kappa shape index (κ3) is 3.61. The van der Waals surface area contributed by atoms with Crippen LogP contribution in [0.4, 0.5) is 13.2 Å². The molecule has 0 aliphatic carbocycles. The van der Waals surface area contributed by atoms with Gasteiger partial charge in [0.05, 0.1) is 11.7 Å². The SMILES string of the molecule is OC(CS)C(O)c1ccc(Br)c(C(F)(F)F)c1. The van der Waals surface area contributed by atoms with Gasteiger partial charge in [-0.05, 0) is 17.7 Å². The summed E-state index contributed by atoms with van der Waals surface area (Å²) in [5, 5.41) is 18.9. The summed E-state index contributed by atoms with van der Waals surface area (Å²) in [4.78, 5) is 0. The maximum atomic E-state index is 12.6. The van der Waals surface area contributed by atoms with Crippen molar-refractivity contribution in [2.45, 2.75) is 18.4 Å². The van der Waals surface area contributed by atoms with E-state index in [1.54, 1.807) is 0 Å². The summed E-state index contributed by atoms with van der Waals surface area (Å²) in [7, 11) is 0. The Bertz CT molecular complexity index is 398. The molecule has 2 N–H and O–H groups in total. The molecule has 96 valence electrons. The number of hydrogen-bond acceptors (Lipinski definition) is 3. The molecule has 0 amide bonds. The topological polar surface area (TPSA) is 40.5 Å². The number of aliphatic hydroxyl groups excluding tert-OH is 2. The van der Waals surface area contributed by atoms with Gasteiger partial charge in [-0.2, -0.15) is 25.8 Å². The lowest BCUT2D eigenvalue weighted by molar-refractivity contribution is -0.138. The maximum Gasteiger partial charge on any atom is 0.417 e. The molecule has 2 unspecified atom stereocenters. The molecule has 0 bridgehead atoms. The highest BCUT2D eigenvalue weighted by Gasteiger charge is 2.34. The van der Waals surface area contributed by atoms with Crippen molar-refractivity contribution in [3.63, 3.8) is 0 Å². The van der Waals surface area contributed by atoms with Crippen LogP contribution in [0.15, 0.2) is 22.7 Å². The second kappa shape index (κ2) is 5.60. The van der Waals surface area contributed by atoms with E-state index in [2.05, 4.69) is 28.6 Å². The van der Waals surface area contributed by atoms with Crippen LogP contribution in [0.3, 0.4) is 0 Å². The smallest absolute Gasteiger partial charge is 0.389 e. The molecule has 1 aromatic carbocycles. The van der Waals surface area contributed by atoms with E-state index < -0.39 is 23.9 Å². The van der Waals surface area contributed by atoms with Crippen LogP contribution in [-0.2, 0) is 6.18 Å². The highest BCUT2D eigenvalue weighted by Crippen LogP contribution is 2.36. The fourth-order valence-electron chi connectivity index (χ4n) is 1.27. The van der Waals surface area contributed by atoms with E-state index in [0.717, 1.165) is 6.07 Å². The average Bonchev–Trinajstić information content (AvgIpc) is 2.26. The Morgan fingerprint density at radius 2 is 1.88 bits per heavy atom. The standard InChI is InChI=1S/C10H10BrF3O2S/c11-7-2-1-5(9(16)8(15)4-17)3-6(7)10(12,13)14/h1-3,8-9,15-17H,4H2. The number of aliphatic hydroxyl groups is 2. The lowest BCUT2D eigenvalue weighted by Gasteiger charge is -2.18. The summed E-state index contributed by atoms with van der Waals surface area (Å²) < 4.78 is 37.6. The Kier molecular flexibility index (Phi) is 4.88. The van der Waals surface area contributed by atoms with Crippen LogP contribution in [0.1, 0.15) is 17.2 Å². The van der Waals surface area contributed by atoms with Crippen LogP contribution >= 0.6 is 28.6 Å². The molecule has 0 aliphatic heterocycles. The van der Waals surface area contributed by atoms with Crippen molar-refractivity contribution in [1.29, 1.82) is 0 Å². The minimum atomic E-state index is -4.51. The Morgan fingerprint density at radius 3 is 2.35 bits per heavy atom. The largest absolute Gasteiger partial charge is 0.417 e. The molecule has 0 spiro atoms. The minimum absolute atomic E-state index is 0.00192. The molecule has 2 nitrogen and oxygen atoms in total. The van der Waals surface area contributed by atoms with Crippen molar-refractivity contribution >= 4 is 28.6 Å². The van der Waals surface area contributed by atoms with Crippen LogP contribution in [0.2, 0.25) is 0 Å². The molecule has 2 atom stereocenters. The third-order valence-corrected chi connectivity index (χ3v) is 3.25. The van der Waals surface area contributed by atoms with E-state index in [1.165, 1.54) is 12.1 Å². The van der Waals surface area contributed by atoms with Crippen LogP contribution in [0, 0.1) is 0 Å². The maximum absolute atomic E-state index is 12.6. The average molecular weight is 331 g/mol. The van der Waals surface area contributed by atoms with Gasteiger partial charge in [0.2, 0.25) is 0 Å². The normalized spacial score (nSPS) is 15.7. The van der Waals surface area contributed by atoms with Gasteiger partial charge in [-0.3, -0.25) is 0 Å². The molecule has 0 aromatic heterocycles. The van der Waals surface area contributed by atoms with Crippen LogP contribution in [-0.4, -0.2) is 22.1 Å². The number of alkyl halides is 3. The van der Waals surface area contributed by atoms with Gasteiger partial charge in [-0.25, -0.2) is 0 Å². The van der Waals surface area contributed by atoms with Crippen molar-refractivity contribution in [1.82, 2.24) is 0 Å². The number of benzene rings is 1. The van der Waals surface area contributed by atoms with Gasteiger partial charge in [0.1, 0.15) is 6.10 Å². The summed E-state index contributed by atoms with van der Waals surface area (Å²) >= 11 is 6.56. The lowest BCUT2D eigenvalue weighted by Crippen LogP contribution is -2.20. The summed E-state index contributed by atoms with van der Waals surface area (Å²) in [6.45, 7) is 0. The van der Waals surface area contributed by atoms with Crippen LogP contribution in [0.25, 0.3) is 0 Å². The van der Waals surface area contributed by atoms with Crippen molar-refractivity contribution in [3.8, 4) is 0 Å². The van der Waals surface area contributed by atoms with Crippen molar-refractivity contribution in [3.05, 3.63) is 33.8 Å². The van der Waals surface area contributed by atoms with E-state index in [-0.39, 0.29) is 15.8 Å². The first-order valence-corrected chi connectivity index (χ1v) is 6.03. The van der Waals surface area contributed by atoms with Gasteiger partial charge < -0.3 is 10.2 Å². The summed E-state index contributed by atoms with van der Waals surface area (Å²) in [5.41, 5.74) is -0.887. The molecule has 0 radical (unpaired) electrons. The number of hydrogen-bond donors (Lipinski definition) is 3. The van der Waals surface area contributed by atoms with E-state index in [0.29, 0.717) is 0 Å². The first-order chi connectivity index (χ1) is 7.77. The molecule has 7 heteroatoms. The number of halogens is 4. The fourth-order valence-corrected chi connectivity index (χ4v) is 1.94. The summed E-state index contributed by atoms with van der Waals surface area (Å²) in [6, 6.07) is 3.31. The zero-order chi connectivity index (χ0) is 13.2. The Labute approximate surface area is 110 Å². The van der Waals surface area contributed by atoms with Crippen LogP contribution < -0.4 is 0 Å². The van der Waals surface area contributed by atoms with E-state index in [9.17, 15) is 23.4 Å². The molecular weight excluding hydrogens is 321 g/mol. The monoisotopic (exact) mass is 330 g/mol. The van der Waals surface area contributed by atoms with Gasteiger partial charge in [0, 0.05) is 10.2 Å². The molecule has 1 rings (SSSR count). The van der Waals surface area contributed by atoms with Gasteiger partial charge >= 0.3 is 6.18 Å². The Morgan fingerprint density at radius 1 is 1.29 bits per heavy atom. The van der Waals surface area contributed by atoms with Gasteiger partial charge in [-0.15, -0.1) is 0 Å². The van der Waals surface area contributed by atoms with E-state index in [1.807, 2.05) is 0 Å². The third-order valence-electron chi connectivity index (χ3n) is 2.19. The molecule has 17 heavy (non-hydrogen) atoms. The second-order valence-electron chi connectivity index (χ2n) is 3.43. The molecule has 0 saturated carbocycles. The van der Waals surface area contributed by atoms with Crippen LogP contribution in [0.5, 0.6) is 0 Å². The minimum Gasteiger partial charge on any atom is -0.389 e.